The van der Waals surface area contributed by atoms with Gasteiger partial charge < -0.3 is 5.11 Å². The van der Waals surface area contributed by atoms with E-state index < -0.39 is 16.9 Å². The molecule has 0 spiro atoms. The average Bonchev–Trinajstić information content (AvgIpc) is 1.61. The van der Waals surface area contributed by atoms with Crippen molar-refractivity contribution in [3.63, 3.8) is 0 Å². The third kappa shape index (κ3) is 5.87. The van der Waals surface area contributed by atoms with Gasteiger partial charge in [-0.25, -0.2) is 8.42 Å². The van der Waals surface area contributed by atoms with Crippen LogP contribution < -0.4 is 5.32 Å². The molecule has 0 saturated heterocycles. The van der Waals surface area contributed by atoms with Crippen LogP contribution in [0.2, 0.25) is 0 Å². The van der Waals surface area contributed by atoms with Gasteiger partial charge in [0.1, 0.15) is 6.23 Å². The zero-order chi connectivity index (χ0) is 6.57. The van der Waals surface area contributed by atoms with Gasteiger partial charge in [-0.1, -0.05) is 0 Å². The predicted octanol–water partition coefficient (Wildman–Crippen LogP) is -1.70. The molecule has 0 aromatic heterocycles. The summed E-state index contributed by atoms with van der Waals surface area (Å²) in [7, 11) is -2.44. The lowest BCUT2D eigenvalue weighted by atomic mass is 10.7. The van der Waals surface area contributed by atoms with Crippen molar-refractivity contribution >= 4 is 10.7 Å². The van der Waals surface area contributed by atoms with Crippen molar-refractivity contribution < 1.29 is 13.5 Å². The Hall–Kier alpha value is -0.130. The van der Waals surface area contributed by atoms with Gasteiger partial charge >= 0.3 is 0 Å². The van der Waals surface area contributed by atoms with Crippen molar-refractivity contribution in [3.05, 3.63) is 6.92 Å². The van der Waals surface area contributed by atoms with Gasteiger partial charge in [0.2, 0.25) is 0 Å². The second-order valence-corrected chi connectivity index (χ2v) is 2.19. The molecule has 0 aliphatic rings. The van der Waals surface area contributed by atoms with Crippen molar-refractivity contribution in [2.45, 2.75) is 6.23 Å². The fourth-order valence-electron chi connectivity index (χ4n) is 0.180. The SMILES string of the molecule is [CH2]C(O)NC[SH](=O)=O. The van der Waals surface area contributed by atoms with Crippen LogP contribution in [0.1, 0.15) is 0 Å². The summed E-state index contributed by atoms with van der Waals surface area (Å²) in [5.74, 6) is -0.222. The molecule has 0 fully saturated rings. The van der Waals surface area contributed by atoms with Crippen LogP contribution >= 0.6 is 0 Å². The van der Waals surface area contributed by atoms with Crippen molar-refractivity contribution in [1.82, 2.24) is 5.32 Å². The monoisotopic (exact) mass is 138 g/mol. The standard InChI is InChI=1S/C3H8NO3S/c1-3(5)4-2-8(6)7/h3-5,8H,1-2H2. The fourth-order valence-corrected chi connectivity index (χ4v) is 0.540. The smallest absolute Gasteiger partial charge is 0.153 e. The van der Waals surface area contributed by atoms with Gasteiger partial charge in [0.05, 0.1) is 5.88 Å². The molecule has 0 amide bonds. The van der Waals surface area contributed by atoms with Crippen LogP contribution in [0.3, 0.4) is 0 Å². The average molecular weight is 138 g/mol. The van der Waals surface area contributed by atoms with Crippen LogP contribution in [-0.4, -0.2) is 25.6 Å². The molecule has 0 aliphatic heterocycles. The van der Waals surface area contributed by atoms with Crippen molar-refractivity contribution in [2.75, 3.05) is 5.88 Å². The van der Waals surface area contributed by atoms with Gasteiger partial charge in [0.15, 0.2) is 10.7 Å². The number of aliphatic hydroxyl groups is 1. The van der Waals surface area contributed by atoms with Gasteiger partial charge in [-0.05, 0) is 6.92 Å². The number of hydrogen-bond acceptors (Lipinski definition) is 4. The fraction of sp³-hybridized carbons (Fsp3) is 0.667. The van der Waals surface area contributed by atoms with E-state index in [1.54, 1.807) is 0 Å². The van der Waals surface area contributed by atoms with E-state index in [1.807, 2.05) is 0 Å². The lowest BCUT2D eigenvalue weighted by Gasteiger charge is -1.99. The Balaban J connectivity index is 3.18. The van der Waals surface area contributed by atoms with Gasteiger partial charge in [-0.2, -0.15) is 0 Å². The topological polar surface area (TPSA) is 66.4 Å². The third-order valence-electron chi connectivity index (χ3n) is 0.456. The minimum atomic E-state index is -2.44. The highest BCUT2D eigenvalue weighted by molar-refractivity contribution is 7.72. The molecule has 0 aliphatic carbocycles. The summed E-state index contributed by atoms with van der Waals surface area (Å²) in [6, 6.07) is 0. The zero-order valence-electron chi connectivity index (χ0n) is 4.20. The van der Waals surface area contributed by atoms with Crippen LogP contribution in [0, 0.1) is 6.92 Å². The van der Waals surface area contributed by atoms with Crippen LogP contribution in [0.5, 0.6) is 0 Å². The predicted molar refractivity (Wildman–Crippen MR) is 29.7 cm³/mol. The number of hydrogen-bond donors (Lipinski definition) is 3. The van der Waals surface area contributed by atoms with Crippen molar-refractivity contribution in [2.24, 2.45) is 0 Å². The quantitative estimate of drug-likeness (QED) is 0.321. The van der Waals surface area contributed by atoms with Crippen molar-refractivity contribution in [1.29, 1.82) is 0 Å². The first kappa shape index (κ1) is 7.87. The Labute approximate surface area is 49.5 Å². The van der Waals surface area contributed by atoms with E-state index in [0.717, 1.165) is 0 Å². The van der Waals surface area contributed by atoms with E-state index in [0.29, 0.717) is 0 Å². The van der Waals surface area contributed by atoms with Crippen LogP contribution in [-0.2, 0) is 10.7 Å². The van der Waals surface area contributed by atoms with Gasteiger partial charge in [-0.15, -0.1) is 0 Å². The molecule has 49 valence electrons. The minimum Gasteiger partial charge on any atom is -0.379 e. The summed E-state index contributed by atoms with van der Waals surface area (Å²) in [4.78, 5) is 0. The maximum Gasteiger partial charge on any atom is 0.153 e. The first-order valence-corrected chi connectivity index (χ1v) is 3.35. The highest BCUT2D eigenvalue weighted by Gasteiger charge is 1.90. The zero-order valence-corrected chi connectivity index (χ0v) is 5.10. The summed E-state index contributed by atoms with van der Waals surface area (Å²) in [5, 5.41) is 10.5. The highest BCUT2D eigenvalue weighted by Crippen LogP contribution is 1.67. The molecule has 1 radical (unpaired) electrons. The molecule has 4 nitrogen and oxygen atoms in total. The summed E-state index contributed by atoms with van der Waals surface area (Å²) >= 11 is 0. The Bertz CT molecular complexity index is 112. The first-order valence-electron chi connectivity index (χ1n) is 1.99. The Kier molecular flexibility index (Phi) is 3.76. The Morgan fingerprint density at radius 2 is 2.25 bits per heavy atom. The van der Waals surface area contributed by atoms with E-state index in [2.05, 4.69) is 12.2 Å². The molecule has 2 N–H and O–H groups in total. The van der Waals surface area contributed by atoms with Crippen molar-refractivity contribution in [3.8, 4) is 0 Å². The Morgan fingerprint density at radius 3 is 2.38 bits per heavy atom. The molecular formula is C3H8NO3S. The van der Waals surface area contributed by atoms with Crippen LogP contribution in [0.4, 0.5) is 0 Å². The van der Waals surface area contributed by atoms with E-state index in [1.165, 1.54) is 0 Å². The normalized spacial score (nSPS) is 14.4. The molecule has 0 rings (SSSR count). The third-order valence-corrected chi connectivity index (χ3v) is 0.897. The lowest BCUT2D eigenvalue weighted by molar-refractivity contribution is 0.190. The summed E-state index contributed by atoms with van der Waals surface area (Å²) in [6.45, 7) is 3.09. The number of thiol groups is 1. The van der Waals surface area contributed by atoms with E-state index in [9.17, 15) is 8.42 Å². The maximum absolute atomic E-state index is 9.74. The minimum absolute atomic E-state index is 0.222. The Morgan fingerprint density at radius 1 is 1.75 bits per heavy atom. The summed E-state index contributed by atoms with van der Waals surface area (Å²) < 4.78 is 19.5. The van der Waals surface area contributed by atoms with Crippen LogP contribution in [0.25, 0.3) is 0 Å². The molecule has 1 unspecified atom stereocenters. The van der Waals surface area contributed by atoms with E-state index in [4.69, 9.17) is 5.11 Å². The molecule has 5 heteroatoms. The molecule has 0 heterocycles. The second kappa shape index (κ2) is 3.82. The molecule has 0 aromatic rings. The first-order chi connectivity index (χ1) is 3.63. The number of rotatable bonds is 3. The maximum atomic E-state index is 9.74. The molecule has 1 atom stereocenters. The molecule has 0 saturated carbocycles. The summed E-state index contributed by atoms with van der Waals surface area (Å²) in [6.07, 6.45) is -0.997. The molecular weight excluding hydrogens is 130 g/mol. The van der Waals surface area contributed by atoms with E-state index in [-0.39, 0.29) is 5.88 Å². The number of nitrogens with one attached hydrogen (secondary N) is 1. The second-order valence-electron chi connectivity index (χ2n) is 1.21. The summed E-state index contributed by atoms with van der Waals surface area (Å²) in [5.41, 5.74) is 0. The van der Waals surface area contributed by atoms with E-state index >= 15 is 0 Å². The van der Waals surface area contributed by atoms with Crippen LogP contribution in [0.15, 0.2) is 0 Å². The molecule has 0 bridgehead atoms. The van der Waals surface area contributed by atoms with Gasteiger partial charge in [-0.3, -0.25) is 5.32 Å². The largest absolute Gasteiger partial charge is 0.379 e. The van der Waals surface area contributed by atoms with Gasteiger partial charge in [0.25, 0.3) is 0 Å². The lowest BCUT2D eigenvalue weighted by Crippen LogP contribution is -2.27. The number of aliphatic hydroxyl groups excluding tert-OH is 1. The molecule has 0 aromatic carbocycles. The van der Waals surface area contributed by atoms with Gasteiger partial charge in [0, 0.05) is 0 Å². The highest BCUT2D eigenvalue weighted by atomic mass is 32.2. The molecule has 8 heavy (non-hydrogen) atoms.